The molecule has 0 spiro atoms. The summed E-state index contributed by atoms with van der Waals surface area (Å²) < 4.78 is 0. The van der Waals surface area contributed by atoms with Crippen LogP contribution in [0.3, 0.4) is 0 Å². The van der Waals surface area contributed by atoms with Crippen LogP contribution in [0.4, 0.5) is 0 Å². The van der Waals surface area contributed by atoms with Gasteiger partial charge in [0.2, 0.25) is 0 Å². The molecule has 5 heteroatoms. The first kappa shape index (κ1) is 12.8. The number of Topliss-reactive ketones (excluding diaryl/α,β-unsaturated/α-hetero) is 1. The fourth-order valence-corrected chi connectivity index (χ4v) is 0.844. The summed E-state index contributed by atoms with van der Waals surface area (Å²) in [7, 11) is 3.73. The van der Waals surface area contributed by atoms with Gasteiger partial charge >= 0.3 is 0 Å². The van der Waals surface area contributed by atoms with Crippen molar-refractivity contribution < 1.29 is 9.59 Å². The molecule has 0 bridgehead atoms. The van der Waals surface area contributed by atoms with Crippen molar-refractivity contribution in [1.82, 2.24) is 10.4 Å². The molecular formula is C9H17N3O2. The number of carbonyl (C=O) groups excluding carboxylic acids is 2. The Bertz CT molecular complexity index is 224. The molecule has 0 aliphatic carbocycles. The highest BCUT2D eigenvalue weighted by atomic mass is 16.2. The van der Waals surface area contributed by atoms with Crippen LogP contribution in [-0.2, 0) is 9.59 Å². The average molecular weight is 199 g/mol. The zero-order valence-electron chi connectivity index (χ0n) is 8.91. The normalized spacial score (nSPS) is 11.6. The molecule has 0 rings (SSSR count). The van der Waals surface area contributed by atoms with Crippen LogP contribution in [0.2, 0.25) is 0 Å². The van der Waals surface area contributed by atoms with Crippen LogP contribution in [0.25, 0.3) is 0 Å². The number of nitrogens with zero attached hydrogens (tertiary/aromatic N) is 2. The highest BCUT2D eigenvalue weighted by Gasteiger charge is 1.99. The third-order valence-electron chi connectivity index (χ3n) is 1.48. The van der Waals surface area contributed by atoms with Gasteiger partial charge in [0.05, 0.1) is 0 Å². The third-order valence-corrected chi connectivity index (χ3v) is 1.48. The van der Waals surface area contributed by atoms with Crippen LogP contribution in [-0.4, -0.2) is 43.6 Å². The lowest BCUT2D eigenvalue weighted by molar-refractivity contribution is -0.129. The maximum Gasteiger partial charge on any atom is 0.197 e. The second kappa shape index (κ2) is 7.20. The van der Waals surface area contributed by atoms with Crippen LogP contribution >= 0.6 is 0 Å². The summed E-state index contributed by atoms with van der Waals surface area (Å²) >= 11 is 0. The minimum absolute atomic E-state index is 0.183. The van der Waals surface area contributed by atoms with Crippen molar-refractivity contribution in [3.8, 4) is 0 Å². The van der Waals surface area contributed by atoms with Crippen molar-refractivity contribution in [2.75, 3.05) is 20.6 Å². The Morgan fingerprint density at radius 3 is 2.57 bits per heavy atom. The Balaban J connectivity index is 3.92. The lowest BCUT2D eigenvalue weighted by Crippen LogP contribution is -2.36. The van der Waals surface area contributed by atoms with E-state index < -0.39 is 5.78 Å². The maximum atomic E-state index is 10.6. The van der Waals surface area contributed by atoms with E-state index in [0.29, 0.717) is 12.8 Å². The summed E-state index contributed by atoms with van der Waals surface area (Å²) in [6.45, 7) is 2.33. The number of carbonyl (C=O) groups is 2. The van der Waals surface area contributed by atoms with E-state index in [2.05, 4.69) is 10.4 Å². The Hall–Kier alpha value is -1.23. The molecule has 0 amide bonds. The number of aliphatic imine (C=N–C) groups is 1. The maximum absolute atomic E-state index is 10.6. The van der Waals surface area contributed by atoms with Gasteiger partial charge in [-0.3, -0.25) is 14.6 Å². The molecule has 5 nitrogen and oxygen atoms in total. The van der Waals surface area contributed by atoms with Crippen LogP contribution < -0.4 is 5.43 Å². The minimum Gasteiger partial charge on any atom is -0.307 e. The van der Waals surface area contributed by atoms with Crippen molar-refractivity contribution in [2.24, 2.45) is 4.99 Å². The number of aldehydes is 1. The van der Waals surface area contributed by atoms with Gasteiger partial charge in [-0.25, -0.2) is 5.01 Å². The fraction of sp³-hybridized carbons (Fsp3) is 0.667. The van der Waals surface area contributed by atoms with Crippen molar-refractivity contribution in [1.29, 1.82) is 0 Å². The van der Waals surface area contributed by atoms with E-state index in [9.17, 15) is 9.59 Å². The highest BCUT2D eigenvalue weighted by molar-refractivity contribution is 6.24. The van der Waals surface area contributed by atoms with Gasteiger partial charge in [-0.05, 0) is 0 Å². The van der Waals surface area contributed by atoms with Gasteiger partial charge in [-0.1, -0.05) is 6.92 Å². The molecular weight excluding hydrogens is 182 g/mol. The quantitative estimate of drug-likeness (QED) is 0.215. The molecule has 0 heterocycles. The first-order valence-corrected chi connectivity index (χ1v) is 4.55. The van der Waals surface area contributed by atoms with Crippen molar-refractivity contribution >= 4 is 17.9 Å². The molecule has 0 saturated heterocycles. The van der Waals surface area contributed by atoms with E-state index in [1.165, 1.54) is 0 Å². The van der Waals surface area contributed by atoms with Crippen molar-refractivity contribution in [2.45, 2.75) is 19.8 Å². The SMILES string of the molecule is CCC(=NCCC(=O)C=O)NN(C)C. The summed E-state index contributed by atoms with van der Waals surface area (Å²) in [4.78, 5) is 24.8. The van der Waals surface area contributed by atoms with E-state index in [4.69, 9.17) is 0 Å². The lowest BCUT2D eigenvalue weighted by atomic mass is 10.3. The molecule has 14 heavy (non-hydrogen) atoms. The summed E-state index contributed by atoms with van der Waals surface area (Å²) in [5, 5.41) is 1.78. The number of amidine groups is 1. The molecule has 0 saturated carbocycles. The average Bonchev–Trinajstić information content (AvgIpc) is 2.15. The van der Waals surface area contributed by atoms with Gasteiger partial charge in [0.25, 0.3) is 0 Å². The number of hydrogen-bond donors (Lipinski definition) is 1. The number of rotatable bonds is 6. The highest BCUT2D eigenvalue weighted by Crippen LogP contribution is 1.87. The standard InChI is InChI=1S/C9H17N3O2/c1-4-9(11-12(2)3)10-6-5-8(14)7-13/h7H,4-6H2,1-3H3,(H,10,11). The summed E-state index contributed by atoms with van der Waals surface area (Å²) in [6.07, 6.45) is 1.29. The van der Waals surface area contributed by atoms with Gasteiger partial charge in [-0.2, -0.15) is 0 Å². The predicted molar refractivity (Wildman–Crippen MR) is 55.1 cm³/mol. The molecule has 0 unspecified atom stereocenters. The van der Waals surface area contributed by atoms with Crippen LogP contribution in [0.1, 0.15) is 19.8 Å². The number of hydrogen-bond acceptors (Lipinski definition) is 4. The smallest absolute Gasteiger partial charge is 0.197 e. The van der Waals surface area contributed by atoms with Gasteiger partial charge < -0.3 is 5.43 Å². The minimum atomic E-state index is -0.408. The Morgan fingerprint density at radius 1 is 1.50 bits per heavy atom. The number of nitrogens with one attached hydrogen (secondary N) is 1. The Labute approximate surface area is 84.2 Å². The second-order valence-corrected chi connectivity index (χ2v) is 3.02. The molecule has 0 aromatic rings. The molecule has 0 aliphatic rings. The zero-order chi connectivity index (χ0) is 11.0. The lowest BCUT2D eigenvalue weighted by Gasteiger charge is -2.14. The summed E-state index contributed by atoms with van der Waals surface area (Å²) in [6, 6.07) is 0. The third kappa shape index (κ3) is 6.30. The second-order valence-electron chi connectivity index (χ2n) is 3.02. The molecule has 1 N–H and O–H groups in total. The van der Waals surface area contributed by atoms with E-state index in [-0.39, 0.29) is 6.42 Å². The topological polar surface area (TPSA) is 61.8 Å². The van der Waals surface area contributed by atoms with Gasteiger partial charge in [0.15, 0.2) is 12.1 Å². The van der Waals surface area contributed by atoms with E-state index in [0.717, 1.165) is 12.3 Å². The number of ketones is 1. The van der Waals surface area contributed by atoms with Crippen molar-refractivity contribution in [3.05, 3.63) is 0 Å². The Kier molecular flexibility index (Phi) is 6.57. The van der Waals surface area contributed by atoms with Gasteiger partial charge in [0, 0.05) is 33.5 Å². The molecule has 0 fully saturated rings. The molecule has 0 aromatic heterocycles. The van der Waals surface area contributed by atoms with Gasteiger partial charge in [-0.15, -0.1) is 0 Å². The van der Waals surface area contributed by atoms with E-state index in [1.54, 1.807) is 5.01 Å². The molecule has 80 valence electrons. The largest absolute Gasteiger partial charge is 0.307 e. The number of hydrazine groups is 1. The fourth-order valence-electron chi connectivity index (χ4n) is 0.844. The van der Waals surface area contributed by atoms with Crippen LogP contribution in [0, 0.1) is 0 Å². The molecule has 0 aliphatic heterocycles. The van der Waals surface area contributed by atoms with Crippen LogP contribution in [0.5, 0.6) is 0 Å². The zero-order valence-corrected chi connectivity index (χ0v) is 8.91. The summed E-state index contributed by atoms with van der Waals surface area (Å²) in [5.41, 5.74) is 3.00. The van der Waals surface area contributed by atoms with E-state index >= 15 is 0 Å². The molecule has 0 aromatic carbocycles. The first-order valence-electron chi connectivity index (χ1n) is 4.55. The van der Waals surface area contributed by atoms with E-state index in [1.807, 2.05) is 21.0 Å². The predicted octanol–water partition coefficient (Wildman–Crippen LogP) is 0.0192. The molecule has 0 atom stereocenters. The summed E-state index contributed by atoms with van der Waals surface area (Å²) in [5.74, 6) is 0.405. The molecule has 0 radical (unpaired) electrons. The van der Waals surface area contributed by atoms with Crippen LogP contribution in [0.15, 0.2) is 4.99 Å². The first-order chi connectivity index (χ1) is 6.60. The van der Waals surface area contributed by atoms with Gasteiger partial charge in [0.1, 0.15) is 5.84 Å². The van der Waals surface area contributed by atoms with Crippen molar-refractivity contribution in [3.63, 3.8) is 0 Å². The monoisotopic (exact) mass is 199 g/mol. The Morgan fingerprint density at radius 2 is 2.14 bits per heavy atom.